The number of rotatable bonds is 7. The minimum atomic E-state index is -0.383. The van der Waals surface area contributed by atoms with Gasteiger partial charge in [0.1, 0.15) is 23.5 Å². The molecule has 182 valence electrons. The first kappa shape index (κ1) is 24.4. The van der Waals surface area contributed by atoms with Gasteiger partial charge in [0, 0.05) is 41.8 Å². The van der Waals surface area contributed by atoms with E-state index in [1.807, 2.05) is 49.7 Å². The number of nitrogens with zero attached hydrogens (tertiary/aromatic N) is 5. The fourth-order valence-electron chi connectivity index (χ4n) is 4.21. The molecule has 1 aliphatic rings. The van der Waals surface area contributed by atoms with Crippen LogP contribution in [0.5, 0.6) is 0 Å². The maximum atomic E-state index is 12.7. The monoisotopic (exact) mass is 492 g/mol. The fourth-order valence-corrected chi connectivity index (χ4v) is 5.44. The summed E-state index contributed by atoms with van der Waals surface area (Å²) in [5, 5.41) is 13.2. The van der Waals surface area contributed by atoms with Crippen molar-refractivity contribution in [2.45, 2.75) is 52.6 Å². The minimum Gasteiger partial charge on any atom is -0.448 e. The average molecular weight is 493 g/mol. The summed E-state index contributed by atoms with van der Waals surface area (Å²) in [7, 11) is 0. The van der Waals surface area contributed by atoms with E-state index in [0.717, 1.165) is 27.7 Å². The molecule has 0 radical (unpaired) electrons. The zero-order valence-electron chi connectivity index (χ0n) is 20.1. The Hall–Kier alpha value is -3.71. The third-order valence-corrected chi connectivity index (χ3v) is 7.15. The molecule has 0 saturated heterocycles. The maximum absolute atomic E-state index is 12.7. The number of hydrogen-bond acceptors (Lipinski definition) is 7. The normalized spacial score (nSPS) is 13.6. The van der Waals surface area contributed by atoms with Crippen LogP contribution in [0.15, 0.2) is 30.6 Å². The van der Waals surface area contributed by atoms with Crippen molar-refractivity contribution in [2.24, 2.45) is 0 Å². The van der Waals surface area contributed by atoms with Gasteiger partial charge in [-0.05, 0) is 38.0 Å². The summed E-state index contributed by atoms with van der Waals surface area (Å²) in [6.07, 6.45) is 4.06. The van der Waals surface area contributed by atoms with Crippen LogP contribution >= 0.6 is 11.3 Å². The van der Waals surface area contributed by atoms with Crippen molar-refractivity contribution in [3.8, 4) is 6.07 Å². The van der Waals surface area contributed by atoms with Crippen LogP contribution in [0.4, 0.5) is 9.80 Å². The van der Waals surface area contributed by atoms with E-state index in [2.05, 4.69) is 21.4 Å². The van der Waals surface area contributed by atoms with E-state index >= 15 is 0 Å². The number of hydrogen-bond donors (Lipinski definition) is 1. The van der Waals surface area contributed by atoms with Crippen LogP contribution in [-0.4, -0.2) is 44.6 Å². The number of anilines is 1. The van der Waals surface area contributed by atoms with Gasteiger partial charge in [0.05, 0.1) is 24.3 Å². The van der Waals surface area contributed by atoms with Gasteiger partial charge < -0.3 is 19.5 Å². The molecular weight excluding hydrogens is 464 g/mol. The van der Waals surface area contributed by atoms with Gasteiger partial charge in [-0.1, -0.05) is 13.0 Å². The number of amides is 2. The molecule has 35 heavy (non-hydrogen) atoms. The molecule has 0 bridgehead atoms. The fraction of sp³-hybridized carbons (Fsp3) is 0.400. The van der Waals surface area contributed by atoms with Crippen molar-refractivity contribution in [3.05, 3.63) is 63.8 Å². The molecule has 4 rings (SSSR count). The number of nitriles is 1. The molecule has 1 N–H and O–H groups in total. The van der Waals surface area contributed by atoms with Gasteiger partial charge in [0.15, 0.2) is 0 Å². The highest BCUT2D eigenvalue weighted by atomic mass is 32.1. The Morgan fingerprint density at radius 3 is 2.86 bits per heavy atom. The van der Waals surface area contributed by atoms with Gasteiger partial charge in [0.2, 0.25) is 5.91 Å². The Balaban J connectivity index is 1.35. The lowest BCUT2D eigenvalue weighted by atomic mass is 10.0. The Morgan fingerprint density at radius 1 is 1.34 bits per heavy atom. The number of aromatic nitrogens is 3. The van der Waals surface area contributed by atoms with Crippen molar-refractivity contribution < 1.29 is 14.3 Å². The summed E-state index contributed by atoms with van der Waals surface area (Å²) in [5.74, 6) is 0.670. The van der Waals surface area contributed by atoms with Crippen molar-refractivity contribution in [1.82, 2.24) is 19.4 Å². The van der Waals surface area contributed by atoms with Crippen molar-refractivity contribution >= 4 is 28.3 Å². The largest absolute Gasteiger partial charge is 0.448 e. The number of aryl methyl sites for hydroxylation is 2. The number of thiophene rings is 1. The second-order valence-electron chi connectivity index (χ2n) is 8.64. The van der Waals surface area contributed by atoms with Crippen LogP contribution in [0.2, 0.25) is 0 Å². The quantitative estimate of drug-likeness (QED) is 0.530. The second-order valence-corrected chi connectivity index (χ2v) is 9.74. The Morgan fingerprint density at radius 2 is 2.17 bits per heavy atom. The highest BCUT2D eigenvalue weighted by Crippen LogP contribution is 2.37. The minimum absolute atomic E-state index is 0.0448. The van der Waals surface area contributed by atoms with E-state index in [1.54, 1.807) is 11.1 Å². The van der Waals surface area contributed by atoms with Crippen LogP contribution in [0.25, 0.3) is 0 Å². The third-order valence-electron chi connectivity index (χ3n) is 6.02. The van der Waals surface area contributed by atoms with E-state index in [4.69, 9.17) is 4.74 Å². The first-order valence-electron chi connectivity index (χ1n) is 11.5. The number of imidazole rings is 1. The molecule has 1 unspecified atom stereocenters. The van der Waals surface area contributed by atoms with Crippen molar-refractivity contribution in [2.75, 3.05) is 18.5 Å². The first-order valence-corrected chi connectivity index (χ1v) is 12.3. The molecule has 0 aliphatic carbocycles. The molecule has 1 atom stereocenters. The Labute approximate surface area is 208 Å². The summed E-state index contributed by atoms with van der Waals surface area (Å²) >= 11 is 1.35. The molecular formula is C25H28N6O3S. The van der Waals surface area contributed by atoms with E-state index in [1.165, 1.54) is 11.3 Å². The van der Waals surface area contributed by atoms with E-state index < -0.39 is 0 Å². The van der Waals surface area contributed by atoms with E-state index in [9.17, 15) is 14.9 Å². The lowest BCUT2D eigenvalue weighted by Crippen LogP contribution is -2.36. The zero-order valence-corrected chi connectivity index (χ0v) is 20.9. The van der Waals surface area contributed by atoms with Crippen LogP contribution in [0, 0.1) is 25.2 Å². The summed E-state index contributed by atoms with van der Waals surface area (Å²) in [6.45, 7) is 7.41. The van der Waals surface area contributed by atoms with E-state index in [-0.39, 0.29) is 30.9 Å². The third kappa shape index (κ3) is 5.69. The van der Waals surface area contributed by atoms with Crippen molar-refractivity contribution in [3.63, 3.8) is 0 Å². The van der Waals surface area contributed by atoms with Gasteiger partial charge >= 0.3 is 6.09 Å². The number of carbonyl (C=O) groups excluding carboxylic acids is 2. The second kappa shape index (κ2) is 10.7. The van der Waals surface area contributed by atoms with Gasteiger partial charge in [-0.15, -0.1) is 11.3 Å². The molecule has 4 heterocycles. The van der Waals surface area contributed by atoms with Crippen LogP contribution in [0.3, 0.4) is 0 Å². The van der Waals surface area contributed by atoms with Gasteiger partial charge in [-0.2, -0.15) is 5.26 Å². The molecule has 3 aromatic rings. The predicted octanol–water partition coefficient (Wildman–Crippen LogP) is 4.16. The SMILES string of the molecule is Cc1cn(CCOC(=O)N2CCc3c(sc(NC(=O)CC(C)c4ccccn4)c3C#N)C2)c(C)n1. The number of fused-ring (bicyclic) bond motifs is 1. The molecule has 2 amide bonds. The Kier molecular flexibility index (Phi) is 7.46. The molecule has 0 fully saturated rings. The summed E-state index contributed by atoms with van der Waals surface area (Å²) in [4.78, 5) is 36.5. The van der Waals surface area contributed by atoms with E-state index in [0.29, 0.717) is 36.6 Å². The topological polar surface area (TPSA) is 113 Å². The molecule has 9 nitrogen and oxygen atoms in total. The van der Waals surface area contributed by atoms with Crippen LogP contribution in [-0.2, 0) is 29.0 Å². The molecule has 10 heteroatoms. The lowest BCUT2D eigenvalue weighted by Gasteiger charge is -2.26. The average Bonchev–Trinajstić information content (AvgIpc) is 3.36. The smallest absolute Gasteiger partial charge is 0.410 e. The Bertz CT molecular complexity index is 1260. The molecule has 1 aliphatic heterocycles. The molecule has 0 aromatic carbocycles. The summed E-state index contributed by atoms with van der Waals surface area (Å²) in [6, 6.07) is 7.87. The summed E-state index contributed by atoms with van der Waals surface area (Å²) < 4.78 is 7.44. The van der Waals surface area contributed by atoms with Gasteiger partial charge in [-0.25, -0.2) is 9.78 Å². The highest BCUT2D eigenvalue weighted by Gasteiger charge is 2.28. The number of ether oxygens (including phenoxy) is 1. The van der Waals surface area contributed by atoms with Crippen molar-refractivity contribution in [1.29, 1.82) is 5.26 Å². The summed E-state index contributed by atoms with van der Waals surface area (Å²) in [5.41, 5.74) is 3.17. The molecule has 0 saturated carbocycles. The predicted molar refractivity (Wildman–Crippen MR) is 132 cm³/mol. The number of pyridine rings is 1. The standard InChI is InChI=1S/C25H28N6O3S/c1-16(21-6-4-5-8-27-21)12-23(32)29-24-20(13-26)19-7-9-31(15-22(19)35-24)25(33)34-11-10-30-14-17(2)28-18(30)3/h4-6,8,14,16H,7,9-12,15H2,1-3H3,(H,29,32). The highest BCUT2D eigenvalue weighted by molar-refractivity contribution is 7.16. The van der Waals surface area contributed by atoms with Crippen LogP contribution in [0.1, 0.15) is 52.5 Å². The first-order chi connectivity index (χ1) is 16.9. The number of carbonyl (C=O) groups is 2. The maximum Gasteiger partial charge on any atom is 0.410 e. The molecule has 3 aromatic heterocycles. The number of nitrogens with one attached hydrogen (secondary N) is 1. The van der Waals surface area contributed by atoms with Gasteiger partial charge in [0.25, 0.3) is 0 Å². The molecule has 0 spiro atoms. The van der Waals surface area contributed by atoms with Gasteiger partial charge in [-0.3, -0.25) is 9.78 Å². The van der Waals surface area contributed by atoms with Crippen LogP contribution < -0.4 is 5.32 Å². The zero-order chi connectivity index (χ0) is 24.9. The lowest BCUT2D eigenvalue weighted by molar-refractivity contribution is -0.116.